The van der Waals surface area contributed by atoms with Gasteiger partial charge in [0.1, 0.15) is 11.8 Å². The van der Waals surface area contributed by atoms with Crippen molar-refractivity contribution in [3.8, 4) is 0 Å². The second kappa shape index (κ2) is 8.69. The summed E-state index contributed by atoms with van der Waals surface area (Å²) >= 11 is 11.5. The van der Waals surface area contributed by atoms with Crippen molar-refractivity contribution in [1.82, 2.24) is 4.90 Å². The highest BCUT2D eigenvalue weighted by Crippen LogP contribution is 2.29. The average Bonchev–Trinajstić information content (AvgIpc) is 3.33. The zero-order valence-electron chi connectivity index (χ0n) is 15.8. The monoisotopic (exact) mass is 439 g/mol. The Labute approximate surface area is 184 Å². The van der Waals surface area contributed by atoms with E-state index in [1.165, 1.54) is 4.90 Å². The molecule has 2 heterocycles. The Morgan fingerprint density at radius 1 is 1.07 bits per heavy atom. The first-order valence-corrected chi connectivity index (χ1v) is 10.1. The number of hydrogen-bond donors (Lipinski definition) is 1. The number of furan rings is 1. The lowest BCUT2D eigenvalue weighted by Gasteiger charge is -2.22. The molecule has 30 heavy (non-hydrogen) atoms. The highest BCUT2D eigenvalue weighted by molar-refractivity contribution is 7.80. The predicted octanol–water partition coefficient (Wildman–Crippen LogP) is 4.46. The summed E-state index contributed by atoms with van der Waals surface area (Å²) in [6, 6.07) is 18.8. The van der Waals surface area contributed by atoms with E-state index >= 15 is 0 Å². The van der Waals surface area contributed by atoms with Gasteiger partial charge >= 0.3 is 0 Å². The first-order valence-electron chi connectivity index (χ1n) is 9.30. The third-order valence-corrected chi connectivity index (χ3v) is 5.42. The molecule has 0 aliphatic carbocycles. The van der Waals surface area contributed by atoms with Crippen LogP contribution in [-0.4, -0.2) is 27.9 Å². The Hall–Kier alpha value is -3.16. The molecule has 2 amide bonds. The standard InChI is InChI=1S/C22H18ClN3O3S/c23-15-8-10-16(11-9-15)24-20(27)13-19-21(28)26(17-5-2-1-3-6-17)22(30)25(19)14-18-7-4-12-29-18/h1-12,19H,13-14H2,(H,24,27)/t19-/m1/s1. The lowest BCUT2D eigenvalue weighted by Crippen LogP contribution is -2.37. The van der Waals surface area contributed by atoms with Crippen LogP contribution in [0.2, 0.25) is 5.02 Å². The Kier molecular flexibility index (Phi) is 5.83. The van der Waals surface area contributed by atoms with Crippen LogP contribution >= 0.6 is 23.8 Å². The molecule has 1 N–H and O–H groups in total. The summed E-state index contributed by atoms with van der Waals surface area (Å²) in [6.07, 6.45) is 1.51. The van der Waals surface area contributed by atoms with E-state index in [9.17, 15) is 9.59 Å². The van der Waals surface area contributed by atoms with Crippen molar-refractivity contribution in [2.45, 2.75) is 19.0 Å². The van der Waals surface area contributed by atoms with Gasteiger partial charge in [0.25, 0.3) is 5.91 Å². The van der Waals surface area contributed by atoms with Gasteiger partial charge < -0.3 is 14.6 Å². The number of nitrogens with zero attached hydrogens (tertiary/aromatic N) is 2. The lowest BCUT2D eigenvalue weighted by atomic mass is 10.1. The maximum absolute atomic E-state index is 13.3. The number of halogens is 1. The van der Waals surface area contributed by atoms with Crippen molar-refractivity contribution in [3.63, 3.8) is 0 Å². The second-order valence-electron chi connectivity index (χ2n) is 6.77. The molecule has 0 saturated carbocycles. The smallest absolute Gasteiger partial charge is 0.256 e. The summed E-state index contributed by atoms with van der Waals surface area (Å²) in [7, 11) is 0. The van der Waals surface area contributed by atoms with Crippen LogP contribution in [0.5, 0.6) is 0 Å². The summed E-state index contributed by atoms with van der Waals surface area (Å²) < 4.78 is 5.44. The Balaban J connectivity index is 1.57. The molecule has 1 atom stereocenters. The van der Waals surface area contributed by atoms with Crippen LogP contribution in [0.15, 0.2) is 77.4 Å². The van der Waals surface area contributed by atoms with E-state index < -0.39 is 6.04 Å². The number of carbonyl (C=O) groups excluding carboxylic acids is 2. The highest BCUT2D eigenvalue weighted by atomic mass is 35.5. The molecule has 1 aliphatic heterocycles. The molecule has 6 nitrogen and oxygen atoms in total. The Morgan fingerprint density at radius 2 is 1.80 bits per heavy atom. The van der Waals surface area contributed by atoms with Gasteiger partial charge in [-0.15, -0.1) is 0 Å². The molecule has 152 valence electrons. The summed E-state index contributed by atoms with van der Waals surface area (Å²) in [6.45, 7) is 0.291. The maximum atomic E-state index is 13.3. The molecule has 2 aromatic carbocycles. The fourth-order valence-corrected chi connectivity index (χ4v) is 3.83. The quantitative estimate of drug-likeness (QED) is 0.574. The van der Waals surface area contributed by atoms with Crippen molar-refractivity contribution in [2.75, 3.05) is 10.2 Å². The number of anilines is 2. The van der Waals surface area contributed by atoms with Gasteiger partial charge in [0.15, 0.2) is 5.11 Å². The maximum Gasteiger partial charge on any atom is 0.256 e. The third-order valence-electron chi connectivity index (χ3n) is 4.75. The molecule has 0 bridgehead atoms. The van der Waals surface area contributed by atoms with Crippen LogP contribution in [0.4, 0.5) is 11.4 Å². The molecule has 1 fully saturated rings. The highest BCUT2D eigenvalue weighted by Gasteiger charge is 2.44. The van der Waals surface area contributed by atoms with Gasteiger partial charge in [0.2, 0.25) is 5.91 Å². The zero-order chi connectivity index (χ0) is 21.1. The normalized spacial score (nSPS) is 16.2. The number of amides is 2. The Bertz CT molecular complexity index is 1060. The number of nitrogens with one attached hydrogen (secondary N) is 1. The van der Waals surface area contributed by atoms with Gasteiger partial charge in [-0.25, -0.2) is 0 Å². The van der Waals surface area contributed by atoms with Crippen LogP contribution in [0.1, 0.15) is 12.2 Å². The van der Waals surface area contributed by atoms with Crippen molar-refractivity contribution in [1.29, 1.82) is 0 Å². The number of benzene rings is 2. The first kappa shape index (κ1) is 20.1. The molecule has 3 aromatic rings. The molecule has 8 heteroatoms. The topological polar surface area (TPSA) is 65.8 Å². The van der Waals surface area contributed by atoms with E-state index in [0.717, 1.165) is 0 Å². The number of para-hydroxylation sites is 1. The van der Waals surface area contributed by atoms with Crippen molar-refractivity contribution >= 4 is 52.1 Å². The van der Waals surface area contributed by atoms with Crippen LogP contribution in [-0.2, 0) is 16.1 Å². The van der Waals surface area contributed by atoms with Gasteiger partial charge in [0, 0.05) is 10.7 Å². The molecule has 1 saturated heterocycles. The van der Waals surface area contributed by atoms with E-state index in [1.807, 2.05) is 36.4 Å². The number of rotatable bonds is 6. The predicted molar refractivity (Wildman–Crippen MR) is 119 cm³/mol. The minimum atomic E-state index is -0.741. The minimum Gasteiger partial charge on any atom is -0.467 e. The van der Waals surface area contributed by atoms with E-state index in [0.29, 0.717) is 33.8 Å². The number of carbonyl (C=O) groups is 2. The largest absolute Gasteiger partial charge is 0.467 e. The summed E-state index contributed by atoms with van der Waals surface area (Å²) in [5.74, 6) is 0.116. The molecule has 1 aromatic heterocycles. The fraction of sp³-hybridized carbons (Fsp3) is 0.136. The zero-order valence-corrected chi connectivity index (χ0v) is 17.4. The van der Waals surface area contributed by atoms with Crippen LogP contribution < -0.4 is 10.2 Å². The Morgan fingerprint density at radius 3 is 2.47 bits per heavy atom. The van der Waals surface area contributed by atoms with E-state index in [2.05, 4.69) is 5.32 Å². The van der Waals surface area contributed by atoms with Gasteiger partial charge in [-0.1, -0.05) is 29.8 Å². The van der Waals surface area contributed by atoms with Crippen LogP contribution in [0, 0.1) is 0 Å². The SMILES string of the molecule is O=C(C[C@@H]1C(=O)N(c2ccccc2)C(=S)N1Cc1ccco1)Nc1ccc(Cl)cc1. The molecule has 0 unspecified atom stereocenters. The molecular formula is C22H18ClN3O3S. The summed E-state index contributed by atoms with van der Waals surface area (Å²) in [4.78, 5) is 29.1. The molecule has 0 spiro atoms. The van der Waals surface area contributed by atoms with Crippen LogP contribution in [0.25, 0.3) is 0 Å². The first-order chi connectivity index (χ1) is 14.5. The molecule has 1 aliphatic rings. The van der Waals surface area contributed by atoms with E-state index in [4.69, 9.17) is 28.2 Å². The van der Waals surface area contributed by atoms with Gasteiger partial charge in [0.05, 0.1) is 24.9 Å². The van der Waals surface area contributed by atoms with E-state index in [-0.39, 0.29) is 18.2 Å². The minimum absolute atomic E-state index is 0.0500. The van der Waals surface area contributed by atoms with Crippen LogP contribution in [0.3, 0.4) is 0 Å². The number of hydrogen-bond acceptors (Lipinski definition) is 4. The third kappa shape index (κ3) is 4.22. The number of thiocarbonyl (C=S) groups is 1. The second-order valence-corrected chi connectivity index (χ2v) is 7.58. The van der Waals surface area contributed by atoms with Crippen molar-refractivity contribution < 1.29 is 14.0 Å². The summed E-state index contributed by atoms with van der Waals surface area (Å²) in [5.41, 5.74) is 1.27. The summed E-state index contributed by atoms with van der Waals surface area (Å²) in [5, 5.41) is 3.72. The lowest BCUT2D eigenvalue weighted by molar-refractivity contribution is -0.124. The van der Waals surface area contributed by atoms with Gasteiger partial charge in [-0.3, -0.25) is 14.5 Å². The van der Waals surface area contributed by atoms with Crippen molar-refractivity contribution in [2.24, 2.45) is 0 Å². The molecule has 0 radical (unpaired) electrons. The fourth-order valence-electron chi connectivity index (χ4n) is 3.32. The van der Waals surface area contributed by atoms with Gasteiger partial charge in [-0.05, 0) is 60.7 Å². The van der Waals surface area contributed by atoms with E-state index in [1.54, 1.807) is 41.5 Å². The van der Waals surface area contributed by atoms with Gasteiger partial charge in [-0.2, -0.15) is 0 Å². The molecule has 4 rings (SSSR count). The average molecular weight is 440 g/mol. The van der Waals surface area contributed by atoms with Crippen molar-refractivity contribution in [3.05, 3.63) is 83.8 Å². The molecular weight excluding hydrogens is 422 g/mol.